The van der Waals surface area contributed by atoms with Gasteiger partial charge < -0.3 is 5.73 Å². The van der Waals surface area contributed by atoms with Gasteiger partial charge in [-0.25, -0.2) is 4.98 Å². The van der Waals surface area contributed by atoms with Crippen LogP contribution in [0.15, 0.2) is 206 Å². The summed E-state index contributed by atoms with van der Waals surface area (Å²) in [7, 11) is -1.75. The van der Waals surface area contributed by atoms with E-state index in [0.717, 1.165) is 0 Å². The van der Waals surface area contributed by atoms with Gasteiger partial charge in [0.1, 0.15) is 37.6 Å². The molecule has 0 aliphatic rings. The van der Waals surface area contributed by atoms with Crippen molar-refractivity contribution in [2.75, 3.05) is 5.73 Å². The number of nitrogens with two attached hydrogens (primary N) is 1. The predicted molar refractivity (Wildman–Crippen MR) is 202 cm³/mol. The van der Waals surface area contributed by atoms with Gasteiger partial charge in [-0.3, -0.25) is 0 Å². The Morgan fingerprint density at radius 3 is 0.674 bits per heavy atom. The molecule has 2 nitrogen and oxygen atoms in total. The molecule has 0 bridgehead atoms. The van der Waals surface area contributed by atoms with E-state index in [2.05, 4.69) is 187 Å². The molecule has 46 heavy (non-hydrogen) atoms. The molecule has 0 saturated heterocycles. The first-order valence-corrected chi connectivity index (χ1v) is 18.0. The molecule has 0 aliphatic carbocycles. The third-order valence-corrected chi connectivity index (χ3v) is 12.5. The van der Waals surface area contributed by atoms with E-state index in [1.54, 1.807) is 12.3 Å². The van der Waals surface area contributed by atoms with Crippen molar-refractivity contribution in [2.24, 2.45) is 0 Å². The van der Waals surface area contributed by atoms with Gasteiger partial charge in [0.05, 0.1) is 15.8 Å². The number of hydrogen-bond donors (Lipinski definition) is 1. The fraction of sp³-hybridized carbons (Fsp3) is 0. The van der Waals surface area contributed by atoms with E-state index in [1.165, 1.54) is 31.8 Å². The topological polar surface area (TPSA) is 38.9 Å². The second kappa shape index (κ2) is 19.3. The van der Waals surface area contributed by atoms with E-state index >= 15 is 0 Å². The third-order valence-electron chi connectivity index (χ3n) is 7.06. The zero-order chi connectivity index (χ0) is 30.9. The molecule has 6 aromatic carbocycles. The second-order valence-corrected chi connectivity index (χ2v) is 15.2. The Labute approximate surface area is 289 Å². The summed E-state index contributed by atoms with van der Waals surface area (Å²) in [5.41, 5.74) is 5.25. The van der Waals surface area contributed by atoms with E-state index in [0.29, 0.717) is 5.82 Å². The molecule has 0 unspecified atom stereocenters. The van der Waals surface area contributed by atoms with Crippen LogP contribution in [0.2, 0.25) is 0 Å². The van der Waals surface area contributed by atoms with Crippen LogP contribution in [-0.2, 0) is 20.1 Å². The number of pyridine rings is 1. The Balaban J connectivity index is 0.000000170. The summed E-state index contributed by atoms with van der Waals surface area (Å²) in [4.78, 5) is 3.76. The van der Waals surface area contributed by atoms with Gasteiger partial charge >= 0.3 is 0 Å². The molecule has 0 spiro atoms. The molecule has 1 radical (unpaired) electrons. The van der Waals surface area contributed by atoms with E-state index < -0.39 is 15.8 Å². The summed E-state index contributed by atoms with van der Waals surface area (Å²) in [6.07, 6.45) is 1.66. The van der Waals surface area contributed by atoms with Crippen molar-refractivity contribution in [1.29, 1.82) is 0 Å². The smallest absolute Gasteiger partial charge is 0.123 e. The Hall–Kier alpha value is -4.22. The summed E-state index contributed by atoms with van der Waals surface area (Å²) in [6.45, 7) is 0. The molecule has 0 fully saturated rings. The molecular weight excluding hydrogens is 775 g/mol. The van der Waals surface area contributed by atoms with E-state index in [4.69, 9.17) is 5.73 Å². The number of rotatable bonds is 6. The molecular formula is C41H38IrN2P2+2. The molecule has 7 rings (SSSR count). The van der Waals surface area contributed by atoms with Crippen LogP contribution in [0, 0.1) is 0 Å². The molecule has 0 saturated carbocycles. The van der Waals surface area contributed by atoms with Gasteiger partial charge in [0.15, 0.2) is 0 Å². The quantitative estimate of drug-likeness (QED) is 0.184. The van der Waals surface area contributed by atoms with E-state index in [9.17, 15) is 0 Å². The van der Waals surface area contributed by atoms with Gasteiger partial charge in [0.25, 0.3) is 0 Å². The van der Waals surface area contributed by atoms with Crippen LogP contribution in [0.25, 0.3) is 0 Å². The van der Waals surface area contributed by atoms with Crippen molar-refractivity contribution in [2.45, 2.75) is 0 Å². The normalized spacial score (nSPS) is 10.0. The number of nitrogens with zero attached hydrogens (tertiary/aromatic N) is 1. The summed E-state index contributed by atoms with van der Waals surface area (Å²) < 4.78 is 0. The maximum absolute atomic E-state index is 5.25. The zero-order valence-corrected chi connectivity index (χ0v) is 29.9. The second-order valence-electron chi connectivity index (χ2n) is 10.2. The van der Waals surface area contributed by atoms with Crippen molar-refractivity contribution >= 4 is 53.5 Å². The fourth-order valence-electron chi connectivity index (χ4n) is 5.00. The van der Waals surface area contributed by atoms with Gasteiger partial charge in [0, 0.05) is 26.3 Å². The first-order valence-electron chi connectivity index (χ1n) is 15.0. The van der Waals surface area contributed by atoms with Crippen LogP contribution in [0.4, 0.5) is 5.82 Å². The van der Waals surface area contributed by atoms with E-state index in [-0.39, 0.29) is 20.1 Å². The maximum Gasteiger partial charge on any atom is 0.123 e. The minimum atomic E-state index is -0.877. The Kier molecular flexibility index (Phi) is 14.6. The minimum Gasteiger partial charge on any atom is -0.384 e. The molecule has 5 heteroatoms. The molecule has 1 aromatic heterocycles. The SMILES string of the molecule is Nc1ccccn1.[Ir].c1ccc([PH+](c2ccccc2)c2ccccc2)cc1.c1ccc([PH+](c2ccccc2)c2ccccc2)cc1. The van der Waals surface area contributed by atoms with Crippen LogP contribution in [0.5, 0.6) is 0 Å². The Morgan fingerprint density at radius 1 is 0.304 bits per heavy atom. The molecule has 229 valence electrons. The largest absolute Gasteiger partial charge is 0.384 e. The number of aromatic nitrogens is 1. The summed E-state index contributed by atoms with van der Waals surface area (Å²) in [5, 5.41) is 8.61. The van der Waals surface area contributed by atoms with Crippen LogP contribution >= 0.6 is 15.8 Å². The van der Waals surface area contributed by atoms with Crippen molar-refractivity contribution in [3.05, 3.63) is 206 Å². The monoisotopic (exact) mass is 813 g/mol. The van der Waals surface area contributed by atoms with Crippen molar-refractivity contribution in [3.63, 3.8) is 0 Å². The first-order chi connectivity index (χ1) is 22.3. The molecule has 2 N–H and O–H groups in total. The summed E-state index contributed by atoms with van der Waals surface area (Å²) in [6, 6.07) is 70.4. The Bertz CT molecular complexity index is 1470. The average Bonchev–Trinajstić information content (AvgIpc) is 3.12. The molecule has 0 amide bonds. The number of nitrogen functional groups attached to an aromatic ring is 1. The van der Waals surface area contributed by atoms with Gasteiger partial charge in [-0.1, -0.05) is 115 Å². The van der Waals surface area contributed by atoms with Crippen molar-refractivity contribution in [1.82, 2.24) is 4.98 Å². The van der Waals surface area contributed by atoms with Crippen molar-refractivity contribution < 1.29 is 20.1 Å². The van der Waals surface area contributed by atoms with Crippen LogP contribution < -0.4 is 37.6 Å². The van der Waals surface area contributed by atoms with Gasteiger partial charge in [0.2, 0.25) is 0 Å². The first kappa shape index (κ1) is 34.6. The predicted octanol–water partition coefficient (Wildman–Crippen LogP) is 7.02. The van der Waals surface area contributed by atoms with E-state index in [1.807, 2.05) is 12.1 Å². The van der Waals surface area contributed by atoms with Crippen LogP contribution in [0.1, 0.15) is 0 Å². The minimum absolute atomic E-state index is 0. The third kappa shape index (κ3) is 10.4. The van der Waals surface area contributed by atoms with Gasteiger partial charge in [-0.15, -0.1) is 0 Å². The molecule has 7 aromatic rings. The maximum atomic E-state index is 5.25. The molecule has 0 atom stereocenters. The van der Waals surface area contributed by atoms with Crippen molar-refractivity contribution in [3.8, 4) is 0 Å². The Morgan fingerprint density at radius 2 is 0.522 bits per heavy atom. The van der Waals surface area contributed by atoms with Crippen LogP contribution in [-0.4, -0.2) is 4.98 Å². The van der Waals surface area contributed by atoms with Gasteiger partial charge in [-0.2, -0.15) is 0 Å². The number of benzene rings is 6. The van der Waals surface area contributed by atoms with Gasteiger partial charge in [-0.05, 0) is 84.9 Å². The molecule has 0 aliphatic heterocycles. The zero-order valence-electron chi connectivity index (χ0n) is 25.5. The van der Waals surface area contributed by atoms with Crippen LogP contribution in [0.3, 0.4) is 0 Å². The summed E-state index contributed by atoms with van der Waals surface area (Å²) >= 11 is 0. The number of anilines is 1. The molecule has 1 heterocycles. The average molecular weight is 813 g/mol. The summed E-state index contributed by atoms with van der Waals surface area (Å²) in [5.74, 6) is 0.572. The number of hydrogen-bond acceptors (Lipinski definition) is 2. The fourth-order valence-corrected chi connectivity index (χ4v) is 10.2. The standard InChI is InChI=1S/2C18H15P.C5H6N2.Ir/c2*1-4-10-16(11-5-1)19(17-12-6-2-7-13-17)18-14-8-3-9-15-18;6-5-3-1-2-4-7-5;/h2*1-15H;1-4H,(H2,6,7);/p+2.